The van der Waals surface area contributed by atoms with Gasteiger partial charge in [0.05, 0.1) is 0 Å². The molecule has 2 N–H and O–H groups in total. The molecule has 0 aliphatic heterocycles. The van der Waals surface area contributed by atoms with Crippen LogP contribution in [-0.4, -0.2) is 45.2 Å². The van der Waals surface area contributed by atoms with Crippen molar-refractivity contribution in [3.63, 3.8) is 0 Å². The number of aromatic nitrogens is 2. The summed E-state index contributed by atoms with van der Waals surface area (Å²) in [6.45, 7) is 1.29. The molecular weight excluding hydrogens is 282 g/mol. The van der Waals surface area contributed by atoms with Gasteiger partial charge in [0.15, 0.2) is 8.68 Å². The zero-order valence-electron chi connectivity index (χ0n) is 9.17. The van der Waals surface area contributed by atoms with E-state index in [0.29, 0.717) is 4.34 Å². The lowest BCUT2D eigenvalue weighted by molar-refractivity contribution is -0.140. The number of carbonyl (C=O) groups excluding carboxylic acids is 1. The van der Waals surface area contributed by atoms with Crippen LogP contribution in [0.25, 0.3) is 0 Å². The maximum atomic E-state index is 10.9. The minimum atomic E-state index is -1.05. The summed E-state index contributed by atoms with van der Waals surface area (Å²) in [5, 5.41) is 19.0. The third-order valence-electron chi connectivity index (χ3n) is 1.61. The predicted octanol–water partition coefficient (Wildman–Crippen LogP) is 0.941. The van der Waals surface area contributed by atoms with E-state index in [2.05, 4.69) is 15.5 Å². The van der Waals surface area contributed by atoms with E-state index in [-0.39, 0.29) is 11.7 Å². The van der Waals surface area contributed by atoms with Crippen molar-refractivity contribution in [3.8, 4) is 0 Å². The molecule has 6 nitrogen and oxygen atoms in total. The first kappa shape index (κ1) is 14.3. The molecule has 0 bridgehead atoms. The van der Waals surface area contributed by atoms with E-state index in [1.807, 2.05) is 6.26 Å². The summed E-state index contributed by atoms with van der Waals surface area (Å²) >= 11 is 4.16. The maximum Gasteiger partial charge on any atom is 0.327 e. The van der Waals surface area contributed by atoms with Crippen molar-refractivity contribution in [2.24, 2.45) is 0 Å². The van der Waals surface area contributed by atoms with Crippen LogP contribution in [-0.2, 0) is 9.59 Å². The van der Waals surface area contributed by atoms with Gasteiger partial charge in [0, 0.05) is 12.7 Å². The van der Waals surface area contributed by atoms with Crippen LogP contribution in [0.5, 0.6) is 0 Å². The van der Waals surface area contributed by atoms with Gasteiger partial charge in [-0.3, -0.25) is 4.79 Å². The fourth-order valence-electron chi connectivity index (χ4n) is 0.913. The zero-order chi connectivity index (χ0) is 12.8. The second-order valence-electron chi connectivity index (χ2n) is 2.94. The van der Waals surface area contributed by atoms with Crippen LogP contribution >= 0.6 is 34.9 Å². The summed E-state index contributed by atoms with van der Waals surface area (Å²) in [7, 11) is 0. The molecule has 0 saturated heterocycles. The van der Waals surface area contributed by atoms with E-state index >= 15 is 0 Å². The standard InChI is InChI=1S/C8H11N3O3S3/c1-4(12)9-5(6(13)14)3-16-8-11-10-7(15-2)17-8/h5H,3H2,1-2H3,(H,9,12)(H,13,14). The summed E-state index contributed by atoms with van der Waals surface area (Å²) in [4.78, 5) is 21.7. The van der Waals surface area contributed by atoms with Gasteiger partial charge in [-0.05, 0) is 6.26 Å². The monoisotopic (exact) mass is 293 g/mol. The van der Waals surface area contributed by atoms with Gasteiger partial charge >= 0.3 is 5.97 Å². The number of nitrogens with one attached hydrogen (secondary N) is 1. The normalized spacial score (nSPS) is 12.1. The SMILES string of the molecule is CSc1nnc(SCC(NC(C)=O)C(=O)O)s1. The number of carbonyl (C=O) groups is 2. The van der Waals surface area contributed by atoms with Crippen molar-refractivity contribution < 1.29 is 14.7 Å². The first-order valence-electron chi connectivity index (χ1n) is 4.53. The number of hydrogen-bond donors (Lipinski definition) is 2. The van der Waals surface area contributed by atoms with Crippen LogP contribution in [0.15, 0.2) is 8.68 Å². The topological polar surface area (TPSA) is 92.2 Å². The third-order valence-corrected chi connectivity index (χ3v) is 4.74. The average Bonchev–Trinajstić information content (AvgIpc) is 2.71. The van der Waals surface area contributed by atoms with Gasteiger partial charge in [-0.1, -0.05) is 34.9 Å². The second-order valence-corrected chi connectivity index (χ2v) is 6.24. The van der Waals surface area contributed by atoms with E-state index in [0.717, 1.165) is 4.34 Å². The number of nitrogens with zero attached hydrogens (tertiary/aromatic N) is 2. The van der Waals surface area contributed by atoms with Gasteiger partial charge in [0.1, 0.15) is 6.04 Å². The molecule has 0 radical (unpaired) electrons. The Morgan fingerprint density at radius 1 is 1.47 bits per heavy atom. The van der Waals surface area contributed by atoms with Crippen molar-refractivity contribution in [2.75, 3.05) is 12.0 Å². The Kier molecular flexibility index (Phi) is 5.72. The summed E-state index contributed by atoms with van der Waals surface area (Å²) in [6, 6.07) is -0.904. The van der Waals surface area contributed by atoms with Crippen LogP contribution in [0.1, 0.15) is 6.92 Å². The molecular formula is C8H11N3O3S3. The highest BCUT2D eigenvalue weighted by molar-refractivity contribution is 8.03. The number of carboxylic acids is 1. The Labute approximate surface area is 111 Å². The fourth-order valence-corrected chi connectivity index (χ4v) is 3.39. The molecule has 0 aliphatic rings. The molecule has 1 aromatic heterocycles. The van der Waals surface area contributed by atoms with E-state index in [9.17, 15) is 9.59 Å². The molecule has 94 valence electrons. The maximum absolute atomic E-state index is 10.9. The molecule has 9 heteroatoms. The smallest absolute Gasteiger partial charge is 0.327 e. The van der Waals surface area contributed by atoms with Crippen molar-refractivity contribution in [2.45, 2.75) is 21.6 Å². The Morgan fingerprint density at radius 2 is 2.12 bits per heavy atom. The highest BCUT2D eigenvalue weighted by Crippen LogP contribution is 2.27. The Balaban J connectivity index is 2.51. The molecule has 0 fully saturated rings. The van der Waals surface area contributed by atoms with Crippen molar-refractivity contribution in [1.82, 2.24) is 15.5 Å². The molecule has 1 unspecified atom stereocenters. The largest absolute Gasteiger partial charge is 0.480 e. The van der Waals surface area contributed by atoms with E-state index < -0.39 is 12.0 Å². The Hall–Kier alpha value is -0.800. The summed E-state index contributed by atoms with van der Waals surface area (Å²) in [5.41, 5.74) is 0. The van der Waals surface area contributed by atoms with Gasteiger partial charge in [0.25, 0.3) is 0 Å². The van der Waals surface area contributed by atoms with E-state index in [1.165, 1.54) is 41.8 Å². The zero-order valence-corrected chi connectivity index (χ0v) is 11.6. The van der Waals surface area contributed by atoms with Gasteiger partial charge in [-0.2, -0.15) is 0 Å². The second kappa shape index (κ2) is 6.82. The van der Waals surface area contributed by atoms with Crippen LogP contribution < -0.4 is 5.32 Å². The minimum absolute atomic E-state index is 0.234. The van der Waals surface area contributed by atoms with Crippen molar-refractivity contribution in [3.05, 3.63) is 0 Å². The molecule has 1 aromatic rings. The quantitative estimate of drug-likeness (QED) is 0.754. The summed E-state index contributed by atoms with van der Waals surface area (Å²) < 4.78 is 1.53. The van der Waals surface area contributed by atoms with Gasteiger partial charge < -0.3 is 10.4 Å². The van der Waals surface area contributed by atoms with Gasteiger partial charge in [-0.15, -0.1) is 10.2 Å². The molecule has 1 amide bonds. The molecule has 0 aliphatic carbocycles. The third kappa shape index (κ3) is 4.92. The number of rotatable bonds is 6. The highest BCUT2D eigenvalue weighted by atomic mass is 32.2. The summed E-state index contributed by atoms with van der Waals surface area (Å²) in [5.74, 6) is -1.18. The molecule has 0 spiro atoms. The molecule has 0 saturated carbocycles. The number of amides is 1. The number of hydrogen-bond acceptors (Lipinski definition) is 7. The van der Waals surface area contributed by atoms with Gasteiger partial charge in [-0.25, -0.2) is 4.79 Å². The first-order valence-corrected chi connectivity index (χ1v) is 7.55. The van der Waals surface area contributed by atoms with Crippen LogP contribution in [0.2, 0.25) is 0 Å². The highest BCUT2D eigenvalue weighted by Gasteiger charge is 2.19. The lowest BCUT2D eigenvalue weighted by atomic mass is 10.3. The lowest BCUT2D eigenvalue weighted by Crippen LogP contribution is -2.41. The molecule has 1 atom stereocenters. The average molecular weight is 293 g/mol. The fraction of sp³-hybridized carbons (Fsp3) is 0.500. The number of aliphatic carboxylic acids is 1. The first-order chi connectivity index (χ1) is 8.02. The molecule has 17 heavy (non-hydrogen) atoms. The van der Waals surface area contributed by atoms with Crippen LogP contribution in [0.3, 0.4) is 0 Å². The molecule has 1 rings (SSSR count). The summed E-state index contributed by atoms with van der Waals surface area (Å²) in [6.07, 6.45) is 1.90. The number of thioether (sulfide) groups is 2. The molecule has 0 aromatic carbocycles. The minimum Gasteiger partial charge on any atom is -0.480 e. The lowest BCUT2D eigenvalue weighted by Gasteiger charge is -2.11. The van der Waals surface area contributed by atoms with Crippen LogP contribution in [0, 0.1) is 0 Å². The van der Waals surface area contributed by atoms with E-state index in [4.69, 9.17) is 5.11 Å². The van der Waals surface area contributed by atoms with Crippen molar-refractivity contribution in [1.29, 1.82) is 0 Å². The van der Waals surface area contributed by atoms with Gasteiger partial charge in [0.2, 0.25) is 5.91 Å². The predicted molar refractivity (Wildman–Crippen MR) is 67.7 cm³/mol. The molecule has 1 heterocycles. The van der Waals surface area contributed by atoms with Crippen molar-refractivity contribution >= 4 is 46.7 Å². The Bertz CT molecular complexity index is 410. The van der Waals surface area contributed by atoms with E-state index in [1.54, 1.807) is 0 Å². The Morgan fingerprint density at radius 3 is 2.59 bits per heavy atom. The van der Waals surface area contributed by atoms with Crippen LogP contribution in [0.4, 0.5) is 0 Å². The number of carboxylic acid groups (broad SMARTS) is 1.